The SMILES string of the molecule is C[C@H](CO)N(N)/C(=N\N)c1cccc(NC(=O)c2cc(-n3cnc(C4CC4)c3)c(C(F)F)cc2F)n1. The summed E-state index contributed by atoms with van der Waals surface area (Å²) < 4.78 is 43.5. The van der Waals surface area contributed by atoms with Crippen molar-refractivity contribution in [1.29, 1.82) is 0 Å². The first-order valence-corrected chi connectivity index (χ1v) is 11.1. The summed E-state index contributed by atoms with van der Waals surface area (Å²) in [5, 5.41) is 16.5. The van der Waals surface area contributed by atoms with Crippen molar-refractivity contribution in [3.05, 3.63) is 71.2 Å². The van der Waals surface area contributed by atoms with Crippen molar-refractivity contribution < 1.29 is 23.1 Å². The molecule has 1 fully saturated rings. The molecule has 190 valence electrons. The maximum absolute atomic E-state index is 14.8. The molecule has 0 aliphatic heterocycles. The van der Waals surface area contributed by atoms with Gasteiger partial charge in [0.05, 0.1) is 35.9 Å². The first kappa shape index (κ1) is 25.1. The quantitative estimate of drug-likeness (QED) is 0.160. The van der Waals surface area contributed by atoms with E-state index in [2.05, 4.69) is 20.4 Å². The number of aliphatic hydroxyl groups is 1. The van der Waals surface area contributed by atoms with E-state index < -0.39 is 35.3 Å². The number of aromatic nitrogens is 3. The number of benzene rings is 1. The Bertz CT molecular complexity index is 1290. The number of nitrogens with two attached hydrogens (primary N) is 2. The summed E-state index contributed by atoms with van der Waals surface area (Å²) in [6, 6.07) is 5.68. The van der Waals surface area contributed by atoms with Gasteiger partial charge < -0.3 is 20.8 Å². The number of hydrazine groups is 1. The fraction of sp³-hybridized carbons (Fsp3) is 0.304. The number of hydrogen-bond donors (Lipinski definition) is 4. The van der Waals surface area contributed by atoms with Gasteiger partial charge in [-0.05, 0) is 44.0 Å². The van der Waals surface area contributed by atoms with E-state index in [0.29, 0.717) is 6.07 Å². The summed E-state index contributed by atoms with van der Waals surface area (Å²) in [5.74, 6) is 9.69. The molecule has 0 spiro atoms. The molecule has 13 heteroatoms. The second-order valence-corrected chi connectivity index (χ2v) is 8.43. The van der Waals surface area contributed by atoms with Crippen LogP contribution >= 0.6 is 0 Å². The molecule has 0 bridgehead atoms. The van der Waals surface area contributed by atoms with E-state index in [1.807, 2.05) is 0 Å². The van der Waals surface area contributed by atoms with Crippen molar-refractivity contribution in [2.24, 2.45) is 16.8 Å². The zero-order valence-corrected chi connectivity index (χ0v) is 19.3. The second-order valence-electron chi connectivity index (χ2n) is 8.43. The highest BCUT2D eigenvalue weighted by Crippen LogP contribution is 2.39. The Hall–Kier alpha value is -3.97. The first-order chi connectivity index (χ1) is 17.2. The number of nitrogens with zero attached hydrogens (tertiary/aromatic N) is 5. The standard InChI is InChI=1S/C23H25F3N8O2/c1-12(10-35)34(28)22(32-27)17-3-2-4-20(30-17)31-23(36)14-8-19(15(21(25)26)7-16(14)24)33-9-18(29-11-33)13-5-6-13/h2-4,7-9,11-13,21,35H,5-6,10,27-28H2,1H3,(H,30,31,36)/b32-22-/t12-/m1/s1. The van der Waals surface area contributed by atoms with Crippen LogP contribution in [0.2, 0.25) is 0 Å². The van der Waals surface area contributed by atoms with Gasteiger partial charge in [0.1, 0.15) is 17.3 Å². The highest BCUT2D eigenvalue weighted by Gasteiger charge is 2.27. The zero-order valence-electron chi connectivity index (χ0n) is 19.3. The van der Waals surface area contributed by atoms with Crippen LogP contribution in [-0.2, 0) is 0 Å². The van der Waals surface area contributed by atoms with Crippen LogP contribution < -0.4 is 17.0 Å². The van der Waals surface area contributed by atoms with Gasteiger partial charge in [0, 0.05) is 17.7 Å². The molecule has 2 aromatic heterocycles. The molecular weight excluding hydrogens is 477 g/mol. The lowest BCUT2D eigenvalue weighted by Gasteiger charge is -2.25. The van der Waals surface area contributed by atoms with Crippen LogP contribution in [0.4, 0.5) is 19.0 Å². The van der Waals surface area contributed by atoms with Gasteiger partial charge in [0.2, 0.25) is 0 Å². The van der Waals surface area contributed by atoms with Gasteiger partial charge in [-0.1, -0.05) is 6.07 Å². The summed E-state index contributed by atoms with van der Waals surface area (Å²) in [6.07, 6.45) is 1.96. The van der Waals surface area contributed by atoms with Gasteiger partial charge in [-0.3, -0.25) is 9.80 Å². The molecule has 10 nitrogen and oxygen atoms in total. The van der Waals surface area contributed by atoms with Crippen LogP contribution in [0.15, 0.2) is 48.0 Å². The zero-order chi connectivity index (χ0) is 26.0. The summed E-state index contributed by atoms with van der Waals surface area (Å²) in [7, 11) is 0. The molecule has 1 aliphatic carbocycles. The van der Waals surface area contributed by atoms with Crippen molar-refractivity contribution in [3.63, 3.8) is 0 Å². The number of halogens is 3. The van der Waals surface area contributed by atoms with Crippen LogP contribution in [-0.4, -0.2) is 49.0 Å². The molecule has 1 amide bonds. The molecule has 0 unspecified atom stereocenters. The number of amides is 1. The molecular formula is C23H25F3N8O2. The van der Waals surface area contributed by atoms with Crippen LogP contribution in [0, 0.1) is 5.82 Å². The number of carbonyl (C=O) groups excluding carboxylic acids is 1. The Balaban J connectivity index is 1.63. The van der Waals surface area contributed by atoms with Gasteiger partial charge >= 0.3 is 0 Å². The molecule has 2 heterocycles. The number of hydrazone groups is 1. The number of nitrogens with one attached hydrogen (secondary N) is 1. The summed E-state index contributed by atoms with van der Waals surface area (Å²) in [5.41, 5.74) is -0.127. The topological polar surface area (TPSA) is 148 Å². The van der Waals surface area contributed by atoms with E-state index in [1.165, 1.54) is 29.1 Å². The van der Waals surface area contributed by atoms with Crippen LogP contribution in [0.25, 0.3) is 5.69 Å². The van der Waals surface area contributed by atoms with Gasteiger partial charge in [0.15, 0.2) is 5.84 Å². The summed E-state index contributed by atoms with van der Waals surface area (Å²) in [4.78, 5) is 21.4. The third-order valence-electron chi connectivity index (χ3n) is 5.80. The Labute approximate surface area is 204 Å². The van der Waals surface area contributed by atoms with Gasteiger partial charge in [-0.25, -0.2) is 29.0 Å². The van der Waals surface area contributed by atoms with E-state index in [4.69, 9.17) is 11.7 Å². The predicted octanol–water partition coefficient (Wildman–Crippen LogP) is 2.65. The maximum atomic E-state index is 14.8. The van der Waals surface area contributed by atoms with Crippen molar-refractivity contribution in [3.8, 4) is 5.69 Å². The molecule has 0 saturated heterocycles. The number of aliphatic hydroxyl groups excluding tert-OH is 1. The molecule has 1 aliphatic rings. The second kappa shape index (κ2) is 10.3. The van der Waals surface area contributed by atoms with Crippen molar-refractivity contribution in [1.82, 2.24) is 19.5 Å². The molecule has 1 aromatic carbocycles. The minimum atomic E-state index is -2.97. The lowest BCUT2D eigenvalue weighted by Crippen LogP contribution is -2.47. The number of carbonyl (C=O) groups is 1. The molecule has 4 rings (SSSR count). The molecule has 6 N–H and O–H groups in total. The minimum Gasteiger partial charge on any atom is -0.394 e. The fourth-order valence-electron chi connectivity index (χ4n) is 3.58. The smallest absolute Gasteiger partial charge is 0.265 e. The Kier molecular flexibility index (Phi) is 7.22. The number of pyridine rings is 1. The average molecular weight is 503 g/mol. The summed E-state index contributed by atoms with van der Waals surface area (Å²) >= 11 is 0. The van der Waals surface area contributed by atoms with E-state index in [-0.39, 0.29) is 35.6 Å². The number of alkyl halides is 2. The number of anilines is 1. The van der Waals surface area contributed by atoms with Gasteiger partial charge in [-0.2, -0.15) is 5.10 Å². The lowest BCUT2D eigenvalue weighted by molar-refractivity contribution is 0.102. The third kappa shape index (κ3) is 5.16. The minimum absolute atomic E-state index is 0.0150. The average Bonchev–Trinajstić information content (AvgIpc) is 3.60. The van der Waals surface area contributed by atoms with Crippen molar-refractivity contribution in [2.75, 3.05) is 11.9 Å². The van der Waals surface area contributed by atoms with Crippen LogP contribution in [0.3, 0.4) is 0 Å². The highest BCUT2D eigenvalue weighted by molar-refractivity contribution is 6.05. The third-order valence-corrected chi connectivity index (χ3v) is 5.80. The first-order valence-electron chi connectivity index (χ1n) is 11.1. The van der Waals surface area contributed by atoms with Crippen LogP contribution in [0.1, 0.15) is 59.4 Å². The number of amidine groups is 1. The monoisotopic (exact) mass is 502 g/mol. The van der Waals surface area contributed by atoms with E-state index >= 15 is 0 Å². The normalized spacial score (nSPS) is 14.7. The molecule has 0 radical (unpaired) electrons. The highest BCUT2D eigenvalue weighted by atomic mass is 19.3. The molecule has 3 aromatic rings. The van der Waals surface area contributed by atoms with Crippen molar-refractivity contribution in [2.45, 2.75) is 38.2 Å². The summed E-state index contributed by atoms with van der Waals surface area (Å²) in [6.45, 7) is 1.36. The number of hydrogen-bond acceptors (Lipinski definition) is 7. The largest absolute Gasteiger partial charge is 0.394 e. The van der Waals surface area contributed by atoms with Crippen LogP contribution in [0.5, 0.6) is 0 Å². The molecule has 1 atom stereocenters. The molecule has 1 saturated carbocycles. The van der Waals surface area contributed by atoms with E-state index in [9.17, 15) is 23.1 Å². The number of rotatable bonds is 8. The fourth-order valence-corrected chi connectivity index (χ4v) is 3.58. The van der Waals surface area contributed by atoms with Gasteiger partial charge in [-0.15, -0.1) is 0 Å². The Morgan fingerprint density at radius 2 is 2.11 bits per heavy atom. The van der Waals surface area contributed by atoms with E-state index in [0.717, 1.165) is 29.6 Å². The van der Waals surface area contributed by atoms with Gasteiger partial charge in [0.25, 0.3) is 12.3 Å². The molecule has 36 heavy (non-hydrogen) atoms. The lowest BCUT2D eigenvalue weighted by atomic mass is 10.1. The van der Waals surface area contributed by atoms with Crippen molar-refractivity contribution >= 4 is 17.6 Å². The Morgan fingerprint density at radius 3 is 2.75 bits per heavy atom. The Morgan fingerprint density at radius 1 is 1.36 bits per heavy atom. The predicted molar refractivity (Wildman–Crippen MR) is 126 cm³/mol. The number of imidazole rings is 1. The maximum Gasteiger partial charge on any atom is 0.265 e. The van der Waals surface area contributed by atoms with E-state index in [1.54, 1.807) is 13.1 Å².